The van der Waals surface area contributed by atoms with E-state index in [0.717, 1.165) is 0 Å². The van der Waals surface area contributed by atoms with Crippen molar-refractivity contribution in [3.05, 3.63) is 48.2 Å². The first kappa shape index (κ1) is 16.0. The Hall–Kier alpha value is -2.83. The van der Waals surface area contributed by atoms with Crippen LogP contribution in [0.5, 0.6) is 0 Å². The molecule has 1 fully saturated rings. The molecule has 0 aliphatic carbocycles. The van der Waals surface area contributed by atoms with E-state index in [-0.39, 0.29) is 18.0 Å². The highest BCUT2D eigenvalue weighted by atomic mass is 16.7. The van der Waals surface area contributed by atoms with Crippen LogP contribution in [0.2, 0.25) is 0 Å². The Balaban J connectivity index is 1.70. The average molecular weight is 331 g/mol. The Bertz CT molecular complexity index is 751. The van der Waals surface area contributed by atoms with Crippen LogP contribution in [-0.2, 0) is 25.6 Å². The third kappa shape index (κ3) is 3.10. The van der Waals surface area contributed by atoms with Crippen LogP contribution in [0.1, 0.15) is 36.5 Å². The summed E-state index contributed by atoms with van der Waals surface area (Å²) in [7, 11) is 0. The largest absolute Gasteiger partial charge is 0.461 e. The smallest absolute Gasteiger partial charge is 0.323 e. The van der Waals surface area contributed by atoms with E-state index >= 15 is 0 Å². The molecular weight excluding hydrogens is 314 g/mol. The van der Waals surface area contributed by atoms with E-state index in [1.54, 1.807) is 35.0 Å². The lowest BCUT2D eigenvalue weighted by atomic mass is 10.0. The minimum Gasteiger partial charge on any atom is -0.461 e. The molecular formula is C17H17NO6. The fourth-order valence-electron chi connectivity index (χ4n) is 2.60. The molecule has 1 aliphatic heterocycles. The minimum atomic E-state index is -1.24. The van der Waals surface area contributed by atoms with Gasteiger partial charge in [-0.15, -0.1) is 0 Å². The highest BCUT2D eigenvalue weighted by molar-refractivity contribution is 6.06. The summed E-state index contributed by atoms with van der Waals surface area (Å²) in [6.07, 6.45) is 3.32. The molecule has 0 amide bonds. The summed E-state index contributed by atoms with van der Waals surface area (Å²) in [6, 6.07) is 6.59. The van der Waals surface area contributed by atoms with Crippen LogP contribution >= 0.6 is 0 Å². The fraction of sp³-hybridized carbons (Fsp3) is 0.353. The number of aryl methyl sites for hydroxylation is 1. The molecule has 0 N–H and O–H groups in total. The predicted molar refractivity (Wildman–Crippen MR) is 80.9 cm³/mol. The summed E-state index contributed by atoms with van der Waals surface area (Å²) < 4.78 is 17.0. The third-order valence-corrected chi connectivity index (χ3v) is 3.73. The van der Waals surface area contributed by atoms with E-state index in [0.29, 0.717) is 12.2 Å². The van der Waals surface area contributed by atoms with Gasteiger partial charge in [0.1, 0.15) is 0 Å². The van der Waals surface area contributed by atoms with Crippen molar-refractivity contribution in [2.24, 2.45) is 5.92 Å². The number of nitrogens with zero attached hydrogens (tertiary/aromatic N) is 1. The number of aromatic nitrogens is 1. The zero-order chi connectivity index (χ0) is 17.3. The number of carbonyl (C=O) groups excluding carboxylic acids is 3. The quantitative estimate of drug-likeness (QED) is 0.474. The Morgan fingerprint density at radius 1 is 1.17 bits per heavy atom. The summed E-state index contributed by atoms with van der Waals surface area (Å²) in [5, 5.41) is 0. The van der Waals surface area contributed by atoms with Gasteiger partial charge in [0.05, 0.1) is 12.0 Å². The number of cyclic esters (lactones) is 2. The predicted octanol–water partition coefficient (Wildman–Crippen LogP) is 2.15. The molecule has 3 rings (SSSR count). The van der Waals surface area contributed by atoms with Crippen molar-refractivity contribution >= 4 is 17.7 Å². The van der Waals surface area contributed by atoms with Crippen molar-refractivity contribution in [3.8, 4) is 0 Å². The van der Waals surface area contributed by atoms with E-state index in [9.17, 15) is 14.4 Å². The zero-order valence-electron chi connectivity index (χ0n) is 13.4. The van der Waals surface area contributed by atoms with Crippen LogP contribution in [0.15, 0.2) is 41.1 Å². The first-order valence-corrected chi connectivity index (χ1v) is 7.56. The fourth-order valence-corrected chi connectivity index (χ4v) is 2.60. The molecule has 2 aromatic heterocycles. The van der Waals surface area contributed by atoms with Gasteiger partial charge in [-0.1, -0.05) is 0 Å². The number of ether oxygens (including phenoxy) is 2. The van der Waals surface area contributed by atoms with Gasteiger partial charge in [0, 0.05) is 26.6 Å². The number of carbonyl (C=O) groups is 3. The molecule has 1 saturated heterocycles. The van der Waals surface area contributed by atoms with E-state index in [2.05, 4.69) is 0 Å². The van der Waals surface area contributed by atoms with Crippen molar-refractivity contribution in [1.82, 2.24) is 4.57 Å². The van der Waals surface area contributed by atoms with Gasteiger partial charge in [-0.25, -0.2) is 0 Å². The van der Waals surface area contributed by atoms with Gasteiger partial charge in [-0.3, -0.25) is 14.4 Å². The molecule has 0 atom stereocenters. The molecule has 0 spiro atoms. The molecule has 24 heavy (non-hydrogen) atoms. The second kappa shape index (κ2) is 5.99. The molecule has 0 unspecified atom stereocenters. The summed E-state index contributed by atoms with van der Waals surface area (Å²) >= 11 is 0. The van der Waals surface area contributed by atoms with E-state index < -0.39 is 23.6 Å². The normalized spacial score (nSPS) is 17.4. The Kier molecular flexibility index (Phi) is 4.01. The van der Waals surface area contributed by atoms with Gasteiger partial charge in [0.15, 0.2) is 11.7 Å². The molecule has 1 aliphatic rings. The molecule has 3 heterocycles. The third-order valence-electron chi connectivity index (χ3n) is 3.73. The number of furan rings is 1. The second-order valence-electron chi connectivity index (χ2n) is 5.98. The number of rotatable bonds is 5. The monoisotopic (exact) mass is 331 g/mol. The van der Waals surface area contributed by atoms with E-state index in [1.807, 2.05) is 0 Å². The van der Waals surface area contributed by atoms with Gasteiger partial charge in [0.25, 0.3) is 5.79 Å². The summed E-state index contributed by atoms with van der Waals surface area (Å²) in [6.45, 7) is 3.31. The van der Waals surface area contributed by atoms with Gasteiger partial charge < -0.3 is 18.5 Å². The van der Waals surface area contributed by atoms with E-state index in [1.165, 1.54) is 20.1 Å². The Labute approximate surface area is 138 Å². The van der Waals surface area contributed by atoms with Crippen LogP contribution in [0.4, 0.5) is 0 Å². The van der Waals surface area contributed by atoms with Crippen LogP contribution in [-0.4, -0.2) is 28.1 Å². The first-order chi connectivity index (χ1) is 11.4. The highest BCUT2D eigenvalue weighted by Crippen LogP contribution is 2.25. The number of hydrogen-bond donors (Lipinski definition) is 0. The maximum Gasteiger partial charge on any atom is 0.323 e. The van der Waals surface area contributed by atoms with E-state index in [4.69, 9.17) is 13.9 Å². The number of ketones is 1. The van der Waals surface area contributed by atoms with Crippen LogP contribution in [0.3, 0.4) is 0 Å². The molecule has 2 aromatic rings. The lowest BCUT2D eigenvalue weighted by Gasteiger charge is -2.32. The van der Waals surface area contributed by atoms with Gasteiger partial charge in [-0.2, -0.15) is 0 Å². The van der Waals surface area contributed by atoms with Gasteiger partial charge in [-0.05, 0) is 30.7 Å². The lowest BCUT2D eigenvalue weighted by Crippen LogP contribution is -2.46. The Morgan fingerprint density at radius 2 is 1.88 bits per heavy atom. The summed E-state index contributed by atoms with van der Waals surface area (Å²) in [5.74, 6) is -3.48. The SMILES string of the molecule is CC1(C)OC(=O)C(CCn2cccc2C(=O)c2ccco2)C(=O)O1. The average Bonchev–Trinajstić information content (AvgIpc) is 3.16. The second-order valence-corrected chi connectivity index (χ2v) is 5.98. The first-order valence-electron chi connectivity index (χ1n) is 7.56. The zero-order valence-corrected chi connectivity index (χ0v) is 13.4. The molecule has 0 aromatic carbocycles. The van der Waals surface area contributed by atoms with Crippen molar-refractivity contribution in [2.45, 2.75) is 32.6 Å². The molecule has 126 valence electrons. The van der Waals surface area contributed by atoms with Crippen molar-refractivity contribution in [3.63, 3.8) is 0 Å². The molecule has 0 bridgehead atoms. The maximum atomic E-state index is 12.4. The molecule has 0 saturated carbocycles. The van der Waals surface area contributed by atoms with Gasteiger partial charge >= 0.3 is 11.9 Å². The molecule has 7 heteroatoms. The summed E-state index contributed by atoms with van der Waals surface area (Å²) in [4.78, 5) is 36.3. The summed E-state index contributed by atoms with van der Waals surface area (Å²) in [5.41, 5.74) is 0.419. The van der Waals surface area contributed by atoms with Crippen molar-refractivity contribution < 1.29 is 28.3 Å². The topological polar surface area (TPSA) is 87.7 Å². The minimum absolute atomic E-state index is 0.181. The lowest BCUT2D eigenvalue weighted by molar-refractivity contribution is -0.240. The molecule has 0 radical (unpaired) electrons. The standard InChI is InChI=1S/C17H17NO6/c1-17(2)23-15(20)11(16(21)24-17)7-9-18-8-3-5-12(18)14(19)13-6-4-10-22-13/h3-6,8,10-11H,7,9H2,1-2H3. The van der Waals surface area contributed by atoms with Crippen molar-refractivity contribution in [2.75, 3.05) is 0 Å². The number of esters is 2. The van der Waals surface area contributed by atoms with Crippen LogP contribution < -0.4 is 0 Å². The van der Waals surface area contributed by atoms with Gasteiger partial charge in [0.2, 0.25) is 5.78 Å². The van der Waals surface area contributed by atoms with Crippen LogP contribution in [0.25, 0.3) is 0 Å². The van der Waals surface area contributed by atoms with Crippen molar-refractivity contribution in [1.29, 1.82) is 0 Å². The molecule has 7 nitrogen and oxygen atoms in total. The van der Waals surface area contributed by atoms with Crippen LogP contribution in [0, 0.1) is 5.92 Å². The Morgan fingerprint density at radius 3 is 2.50 bits per heavy atom. The highest BCUT2D eigenvalue weighted by Gasteiger charge is 2.42. The maximum absolute atomic E-state index is 12.4. The number of hydrogen-bond acceptors (Lipinski definition) is 6.